The number of amides is 2. The van der Waals surface area contributed by atoms with Crippen molar-refractivity contribution in [1.82, 2.24) is 10.2 Å². The van der Waals surface area contributed by atoms with E-state index in [1.165, 1.54) is 12.0 Å². The van der Waals surface area contributed by atoms with Gasteiger partial charge in [-0.15, -0.1) is 0 Å². The fourth-order valence-electron chi connectivity index (χ4n) is 2.08. The van der Waals surface area contributed by atoms with Crippen LogP contribution in [-0.4, -0.2) is 43.1 Å². The fraction of sp³-hybridized carbons (Fsp3) is 0.833. The van der Waals surface area contributed by atoms with Gasteiger partial charge >= 0.3 is 6.09 Å². The molecule has 1 aliphatic heterocycles. The number of carbonyl (C=O) groups excluding carboxylic acids is 2. The van der Waals surface area contributed by atoms with Gasteiger partial charge in [-0.25, -0.2) is 4.79 Å². The largest absolute Gasteiger partial charge is 0.453 e. The molecule has 1 fully saturated rings. The van der Waals surface area contributed by atoms with Gasteiger partial charge in [-0.3, -0.25) is 9.69 Å². The van der Waals surface area contributed by atoms with Crippen molar-refractivity contribution in [2.45, 2.75) is 45.1 Å². The van der Waals surface area contributed by atoms with Crippen LogP contribution in [0.1, 0.15) is 39.0 Å². The predicted octanol–water partition coefficient (Wildman–Crippen LogP) is 1.52. The molecule has 1 unspecified atom stereocenters. The second kappa shape index (κ2) is 7.14. The lowest BCUT2D eigenvalue weighted by Gasteiger charge is -2.22. The molecule has 0 aromatic carbocycles. The summed E-state index contributed by atoms with van der Waals surface area (Å²) in [5.41, 5.74) is 0. The van der Waals surface area contributed by atoms with E-state index in [4.69, 9.17) is 0 Å². The van der Waals surface area contributed by atoms with E-state index in [0.717, 1.165) is 32.1 Å². The van der Waals surface area contributed by atoms with E-state index in [-0.39, 0.29) is 11.9 Å². The monoisotopic (exact) mass is 242 g/mol. The van der Waals surface area contributed by atoms with Gasteiger partial charge in [0.15, 0.2) is 0 Å². The molecular formula is C12H22N2O3. The molecule has 0 aromatic rings. The molecule has 98 valence electrons. The Morgan fingerprint density at radius 2 is 2.18 bits per heavy atom. The summed E-state index contributed by atoms with van der Waals surface area (Å²) in [6, 6.07) is -0.343. The van der Waals surface area contributed by atoms with Crippen LogP contribution in [0.4, 0.5) is 4.79 Å². The Kier molecular flexibility index (Phi) is 5.80. The van der Waals surface area contributed by atoms with E-state index < -0.39 is 6.09 Å². The van der Waals surface area contributed by atoms with Crippen molar-refractivity contribution < 1.29 is 14.3 Å². The van der Waals surface area contributed by atoms with Gasteiger partial charge in [-0.2, -0.15) is 0 Å². The highest BCUT2D eigenvalue weighted by Crippen LogP contribution is 2.18. The van der Waals surface area contributed by atoms with Gasteiger partial charge in [0, 0.05) is 13.1 Å². The van der Waals surface area contributed by atoms with Crippen molar-refractivity contribution in [2.75, 3.05) is 20.2 Å². The van der Waals surface area contributed by atoms with E-state index in [9.17, 15) is 9.59 Å². The first-order chi connectivity index (χ1) is 8.20. The Morgan fingerprint density at radius 1 is 1.41 bits per heavy atom. The van der Waals surface area contributed by atoms with Gasteiger partial charge in [0.25, 0.3) is 0 Å². The summed E-state index contributed by atoms with van der Waals surface area (Å²) < 4.78 is 4.66. The van der Waals surface area contributed by atoms with Crippen molar-refractivity contribution >= 4 is 12.0 Å². The molecule has 1 N–H and O–H groups in total. The van der Waals surface area contributed by atoms with Crippen molar-refractivity contribution in [3.05, 3.63) is 0 Å². The minimum absolute atomic E-state index is 0.0518. The van der Waals surface area contributed by atoms with Crippen molar-refractivity contribution in [1.29, 1.82) is 0 Å². The van der Waals surface area contributed by atoms with Gasteiger partial charge in [-0.05, 0) is 19.3 Å². The van der Waals surface area contributed by atoms with Crippen LogP contribution in [0.15, 0.2) is 0 Å². The summed E-state index contributed by atoms with van der Waals surface area (Å²) in [6.07, 6.45) is 4.43. The van der Waals surface area contributed by atoms with Crippen LogP contribution in [0.3, 0.4) is 0 Å². The molecule has 0 bridgehead atoms. The molecule has 1 rings (SSSR count). The molecule has 1 atom stereocenters. The van der Waals surface area contributed by atoms with Crippen LogP contribution in [0.2, 0.25) is 0 Å². The SMILES string of the molecule is CCCCCNC(=O)C1CCCN1C(=O)OC. The molecule has 5 heteroatoms. The first-order valence-electron chi connectivity index (χ1n) is 6.33. The number of nitrogens with zero attached hydrogens (tertiary/aromatic N) is 1. The third kappa shape index (κ3) is 3.91. The minimum atomic E-state index is -0.406. The normalized spacial score (nSPS) is 19.2. The first kappa shape index (κ1) is 13.8. The molecule has 0 aliphatic carbocycles. The maximum atomic E-state index is 11.9. The molecule has 2 amide bonds. The van der Waals surface area contributed by atoms with E-state index in [1.807, 2.05) is 0 Å². The first-order valence-corrected chi connectivity index (χ1v) is 6.33. The van der Waals surface area contributed by atoms with Gasteiger partial charge in [-0.1, -0.05) is 19.8 Å². The standard InChI is InChI=1S/C12H22N2O3/c1-3-4-5-8-13-11(15)10-7-6-9-14(10)12(16)17-2/h10H,3-9H2,1-2H3,(H,13,15). The molecule has 5 nitrogen and oxygen atoms in total. The second-order valence-electron chi connectivity index (χ2n) is 4.32. The lowest BCUT2D eigenvalue weighted by Crippen LogP contribution is -2.46. The van der Waals surface area contributed by atoms with E-state index >= 15 is 0 Å². The molecule has 0 saturated carbocycles. The number of likely N-dealkylation sites (tertiary alicyclic amines) is 1. The summed E-state index contributed by atoms with van der Waals surface area (Å²) in [5.74, 6) is -0.0518. The number of nitrogens with one attached hydrogen (secondary N) is 1. The number of rotatable bonds is 5. The molecule has 0 aromatic heterocycles. The van der Waals surface area contributed by atoms with Gasteiger partial charge < -0.3 is 10.1 Å². The molecular weight excluding hydrogens is 220 g/mol. The van der Waals surface area contributed by atoms with Crippen molar-refractivity contribution in [3.8, 4) is 0 Å². The molecule has 1 aliphatic rings. The summed E-state index contributed by atoms with van der Waals surface area (Å²) in [7, 11) is 1.34. The van der Waals surface area contributed by atoms with Crippen LogP contribution < -0.4 is 5.32 Å². The maximum Gasteiger partial charge on any atom is 0.410 e. The number of hydrogen-bond donors (Lipinski definition) is 1. The van der Waals surface area contributed by atoms with E-state index in [2.05, 4.69) is 17.0 Å². The summed E-state index contributed by atoms with van der Waals surface area (Å²) >= 11 is 0. The number of ether oxygens (including phenoxy) is 1. The Labute approximate surface area is 102 Å². The summed E-state index contributed by atoms with van der Waals surface area (Å²) in [6.45, 7) is 3.43. The number of unbranched alkanes of at least 4 members (excludes halogenated alkanes) is 2. The maximum absolute atomic E-state index is 11.9. The Bertz CT molecular complexity index is 268. The number of carbonyl (C=O) groups is 2. The Balaban J connectivity index is 2.37. The van der Waals surface area contributed by atoms with Gasteiger partial charge in [0.05, 0.1) is 7.11 Å². The highest BCUT2D eigenvalue weighted by molar-refractivity contribution is 5.86. The Morgan fingerprint density at radius 3 is 2.82 bits per heavy atom. The molecule has 0 radical (unpaired) electrons. The lowest BCUT2D eigenvalue weighted by atomic mass is 10.2. The Hall–Kier alpha value is -1.26. The van der Waals surface area contributed by atoms with Crippen LogP contribution in [0.25, 0.3) is 0 Å². The molecule has 0 spiro atoms. The highest BCUT2D eigenvalue weighted by atomic mass is 16.5. The van der Waals surface area contributed by atoms with Gasteiger partial charge in [0.1, 0.15) is 6.04 Å². The molecule has 1 heterocycles. The minimum Gasteiger partial charge on any atom is -0.453 e. The summed E-state index contributed by atoms with van der Waals surface area (Å²) in [5, 5.41) is 2.88. The van der Waals surface area contributed by atoms with Crippen LogP contribution in [0, 0.1) is 0 Å². The number of hydrogen-bond acceptors (Lipinski definition) is 3. The van der Waals surface area contributed by atoms with Crippen LogP contribution in [-0.2, 0) is 9.53 Å². The van der Waals surface area contributed by atoms with Crippen LogP contribution >= 0.6 is 0 Å². The molecule has 1 saturated heterocycles. The fourth-order valence-corrected chi connectivity index (χ4v) is 2.08. The van der Waals surface area contributed by atoms with Crippen LogP contribution in [0.5, 0.6) is 0 Å². The zero-order valence-electron chi connectivity index (χ0n) is 10.7. The third-order valence-corrected chi connectivity index (χ3v) is 3.04. The zero-order valence-corrected chi connectivity index (χ0v) is 10.7. The molecule has 17 heavy (non-hydrogen) atoms. The lowest BCUT2D eigenvalue weighted by molar-refractivity contribution is -0.125. The number of methoxy groups -OCH3 is 1. The van der Waals surface area contributed by atoms with Crippen molar-refractivity contribution in [2.24, 2.45) is 0 Å². The average Bonchev–Trinajstić information content (AvgIpc) is 2.82. The van der Waals surface area contributed by atoms with Gasteiger partial charge in [0.2, 0.25) is 5.91 Å². The predicted molar refractivity (Wildman–Crippen MR) is 64.7 cm³/mol. The highest BCUT2D eigenvalue weighted by Gasteiger charge is 2.34. The summed E-state index contributed by atoms with van der Waals surface area (Å²) in [4.78, 5) is 24.8. The average molecular weight is 242 g/mol. The van der Waals surface area contributed by atoms with E-state index in [1.54, 1.807) is 0 Å². The zero-order chi connectivity index (χ0) is 12.7. The third-order valence-electron chi connectivity index (χ3n) is 3.04. The van der Waals surface area contributed by atoms with E-state index in [0.29, 0.717) is 13.1 Å². The smallest absolute Gasteiger partial charge is 0.410 e. The topological polar surface area (TPSA) is 58.6 Å². The van der Waals surface area contributed by atoms with Crippen molar-refractivity contribution in [3.63, 3.8) is 0 Å². The second-order valence-corrected chi connectivity index (χ2v) is 4.32. The quantitative estimate of drug-likeness (QED) is 0.744.